The largest absolute Gasteiger partial charge is 0.480 e. The van der Waals surface area contributed by atoms with Crippen molar-refractivity contribution in [1.29, 1.82) is 0 Å². The van der Waals surface area contributed by atoms with E-state index in [1.165, 1.54) is 0 Å². The Morgan fingerprint density at radius 3 is 2.90 bits per heavy atom. The molecule has 1 fully saturated rings. The van der Waals surface area contributed by atoms with Crippen molar-refractivity contribution in [2.45, 2.75) is 31.7 Å². The van der Waals surface area contributed by atoms with E-state index in [0.29, 0.717) is 19.3 Å². The number of aromatic nitrogens is 1. The van der Waals surface area contributed by atoms with Crippen LogP contribution in [0.2, 0.25) is 0 Å². The standard InChI is InChI=1S/C13H19N3O4S/c17-13(18)12-6-2-4-10-16(12)21(19,20)15-9-7-11-5-1-3-8-14-11/h1,3,5,8,12,15H,2,4,6-7,9-10H2,(H,17,18). The van der Waals surface area contributed by atoms with Crippen LogP contribution in [0, 0.1) is 0 Å². The van der Waals surface area contributed by atoms with Crippen LogP contribution in [0.1, 0.15) is 25.0 Å². The van der Waals surface area contributed by atoms with E-state index in [2.05, 4.69) is 9.71 Å². The van der Waals surface area contributed by atoms with Gasteiger partial charge in [0, 0.05) is 31.4 Å². The highest BCUT2D eigenvalue weighted by molar-refractivity contribution is 7.87. The van der Waals surface area contributed by atoms with Gasteiger partial charge in [0.15, 0.2) is 0 Å². The molecule has 0 radical (unpaired) electrons. The first-order valence-corrected chi connectivity index (χ1v) is 8.34. The van der Waals surface area contributed by atoms with E-state index in [1.807, 2.05) is 12.1 Å². The number of aliphatic carboxylic acids is 1. The number of nitrogens with one attached hydrogen (secondary N) is 1. The maximum absolute atomic E-state index is 12.2. The van der Waals surface area contributed by atoms with Crippen molar-refractivity contribution < 1.29 is 18.3 Å². The predicted molar refractivity (Wildman–Crippen MR) is 76.8 cm³/mol. The second kappa shape index (κ2) is 6.97. The summed E-state index contributed by atoms with van der Waals surface area (Å²) in [7, 11) is -3.77. The molecule has 0 amide bonds. The average Bonchev–Trinajstić information content (AvgIpc) is 2.48. The number of pyridine rings is 1. The lowest BCUT2D eigenvalue weighted by Gasteiger charge is -2.31. The third kappa shape index (κ3) is 4.23. The molecule has 2 N–H and O–H groups in total. The van der Waals surface area contributed by atoms with Crippen molar-refractivity contribution in [2.24, 2.45) is 0 Å². The van der Waals surface area contributed by atoms with Crippen LogP contribution in [-0.2, 0) is 21.4 Å². The fourth-order valence-corrected chi connectivity index (χ4v) is 3.80. The molecule has 21 heavy (non-hydrogen) atoms. The van der Waals surface area contributed by atoms with Crippen LogP contribution in [0.4, 0.5) is 0 Å². The van der Waals surface area contributed by atoms with Crippen molar-refractivity contribution >= 4 is 16.2 Å². The average molecular weight is 313 g/mol. The van der Waals surface area contributed by atoms with Crippen LogP contribution in [0.25, 0.3) is 0 Å². The number of hydrogen-bond donors (Lipinski definition) is 2. The lowest BCUT2D eigenvalue weighted by molar-refractivity contribution is -0.142. The van der Waals surface area contributed by atoms with Crippen LogP contribution in [-0.4, -0.2) is 47.9 Å². The number of carboxylic acids is 1. The first kappa shape index (κ1) is 15.9. The molecule has 1 atom stereocenters. The number of piperidine rings is 1. The highest BCUT2D eigenvalue weighted by Gasteiger charge is 2.36. The van der Waals surface area contributed by atoms with Crippen molar-refractivity contribution in [1.82, 2.24) is 14.0 Å². The minimum atomic E-state index is -3.77. The van der Waals surface area contributed by atoms with E-state index in [4.69, 9.17) is 5.11 Å². The van der Waals surface area contributed by atoms with Crippen molar-refractivity contribution in [2.75, 3.05) is 13.1 Å². The summed E-state index contributed by atoms with van der Waals surface area (Å²) in [6.45, 7) is 0.443. The highest BCUT2D eigenvalue weighted by atomic mass is 32.2. The molecule has 0 aliphatic carbocycles. The number of nitrogens with zero attached hydrogens (tertiary/aromatic N) is 2. The van der Waals surface area contributed by atoms with E-state index < -0.39 is 22.2 Å². The molecule has 116 valence electrons. The summed E-state index contributed by atoms with van der Waals surface area (Å²) in [5, 5.41) is 9.13. The topological polar surface area (TPSA) is 99.6 Å². The molecule has 1 aromatic rings. The summed E-state index contributed by atoms with van der Waals surface area (Å²) in [6.07, 6.45) is 3.89. The summed E-state index contributed by atoms with van der Waals surface area (Å²) < 4.78 is 28.0. The van der Waals surface area contributed by atoms with Crippen molar-refractivity contribution in [3.8, 4) is 0 Å². The van der Waals surface area contributed by atoms with E-state index in [1.54, 1.807) is 12.3 Å². The molecule has 0 spiro atoms. The SMILES string of the molecule is O=C(O)C1CCCCN1S(=O)(=O)NCCc1ccccn1. The molecule has 0 bridgehead atoms. The second-order valence-corrected chi connectivity index (χ2v) is 6.64. The van der Waals surface area contributed by atoms with Crippen molar-refractivity contribution in [3.05, 3.63) is 30.1 Å². The molecule has 1 unspecified atom stereocenters. The Bertz CT molecular complexity index is 576. The minimum Gasteiger partial charge on any atom is -0.480 e. The van der Waals surface area contributed by atoms with Crippen LogP contribution < -0.4 is 4.72 Å². The molecule has 1 saturated heterocycles. The van der Waals surface area contributed by atoms with E-state index in [9.17, 15) is 13.2 Å². The lowest BCUT2D eigenvalue weighted by Crippen LogP contribution is -2.52. The van der Waals surface area contributed by atoms with Gasteiger partial charge in [0.25, 0.3) is 10.2 Å². The molecule has 8 heteroatoms. The number of rotatable bonds is 6. The Morgan fingerprint density at radius 1 is 1.43 bits per heavy atom. The Kier molecular flexibility index (Phi) is 5.27. The van der Waals surface area contributed by atoms with E-state index in [-0.39, 0.29) is 13.1 Å². The predicted octanol–water partition coefficient (Wildman–Crippen LogP) is 0.398. The zero-order valence-electron chi connectivity index (χ0n) is 11.6. The Morgan fingerprint density at radius 2 is 2.24 bits per heavy atom. The van der Waals surface area contributed by atoms with Crippen LogP contribution >= 0.6 is 0 Å². The van der Waals surface area contributed by atoms with Gasteiger partial charge < -0.3 is 5.11 Å². The van der Waals surface area contributed by atoms with Crippen LogP contribution in [0.15, 0.2) is 24.4 Å². The number of carbonyl (C=O) groups is 1. The quantitative estimate of drug-likeness (QED) is 0.792. The molecule has 2 heterocycles. The smallest absolute Gasteiger partial charge is 0.322 e. The van der Waals surface area contributed by atoms with Crippen molar-refractivity contribution in [3.63, 3.8) is 0 Å². The Hall–Kier alpha value is -1.51. The normalized spacial score (nSPS) is 20.3. The van der Waals surface area contributed by atoms with E-state index in [0.717, 1.165) is 16.4 Å². The second-order valence-electron chi connectivity index (χ2n) is 4.93. The first-order chi connectivity index (χ1) is 10.0. The maximum Gasteiger partial charge on any atom is 0.322 e. The third-order valence-corrected chi connectivity index (χ3v) is 5.06. The molecular formula is C13H19N3O4S. The van der Waals surface area contributed by atoms with Gasteiger partial charge >= 0.3 is 5.97 Å². The summed E-state index contributed by atoms with van der Waals surface area (Å²) >= 11 is 0. The number of carboxylic acid groups (broad SMARTS) is 1. The van der Waals surface area contributed by atoms with Crippen LogP contribution in [0.3, 0.4) is 0 Å². The zero-order valence-corrected chi connectivity index (χ0v) is 12.4. The molecule has 0 aromatic carbocycles. The molecule has 1 aromatic heterocycles. The van der Waals surface area contributed by atoms with Gasteiger partial charge in [-0.2, -0.15) is 12.7 Å². The fraction of sp³-hybridized carbons (Fsp3) is 0.538. The van der Waals surface area contributed by atoms with Gasteiger partial charge in [-0.3, -0.25) is 9.78 Å². The van der Waals surface area contributed by atoms with Gasteiger partial charge in [-0.1, -0.05) is 6.07 Å². The van der Waals surface area contributed by atoms with Gasteiger partial charge in [0.1, 0.15) is 6.04 Å². The zero-order chi connectivity index (χ0) is 15.3. The van der Waals surface area contributed by atoms with Gasteiger partial charge in [-0.05, 0) is 31.4 Å². The minimum absolute atomic E-state index is 0.197. The van der Waals surface area contributed by atoms with Gasteiger partial charge in [0.05, 0.1) is 0 Å². The number of hydrogen-bond acceptors (Lipinski definition) is 4. The first-order valence-electron chi connectivity index (χ1n) is 6.90. The Balaban J connectivity index is 1.95. The summed E-state index contributed by atoms with van der Waals surface area (Å²) in [6, 6.07) is 4.47. The fourth-order valence-electron chi connectivity index (χ4n) is 2.38. The van der Waals surface area contributed by atoms with E-state index >= 15 is 0 Å². The van der Waals surface area contributed by atoms with Gasteiger partial charge in [-0.25, -0.2) is 4.72 Å². The molecule has 7 nitrogen and oxygen atoms in total. The summed E-state index contributed by atoms with van der Waals surface area (Å²) in [4.78, 5) is 15.3. The molecule has 1 aliphatic rings. The molecule has 0 saturated carbocycles. The highest BCUT2D eigenvalue weighted by Crippen LogP contribution is 2.19. The monoisotopic (exact) mass is 313 g/mol. The maximum atomic E-state index is 12.2. The van der Waals surface area contributed by atoms with Gasteiger partial charge in [-0.15, -0.1) is 0 Å². The van der Waals surface area contributed by atoms with Crippen LogP contribution in [0.5, 0.6) is 0 Å². The lowest BCUT2D eigenvalue weighted by atomic mass is 10.1. The Labute approximate surface area is 124 Å². The third-order valence-electron chi connectivity index (χ3n) is 3.44. The molecule has 1 aliphatic heterocycles. The summed E-state index contributed by atoms with van der Waals surface area (Å²) in [5.41, 5.74) is 0.786. The molecular weight excluding hydrogens is 294 g/mol. The molecule has 2 rings (SSSR count). The van der Waals surface area contributed by atoms with Gasteiger partial charge in [0.2, 0.25) is 0 Å². The summed E-state index contributed by atoms with van der Waals surface area (Å²) in [5.74, 6) is -1.09.